The SMILES string of the molecule is Cc1nc(CC2CCCC2)sc1N(Cc1cccc(C#N)c1)C(=O)NC1CCC1. The van der Waals surface area contributed by atoms with Crippen LogP contribution in [0.2, 0.25) is 0 Å². The molecule has 1 aromatic heterocycles. The fourth-order valence-corrected chi connectivity index (χ4v) is 5.38. The zero-order valence-corrected chi connectivity index (χ0v) is 17.8. The summed E-state index contributed by atoms with van der Waals surface area (Å²) in [6, 6.07) is 9.91. The van der Waals surface area contributed by atoms with Crippen molar-refractivity contribution in [2.45, 2.75) is 70.9 Å². The van der Waals surface area contributed by atoms with Crippen LogP contribution in [-0.2, 0) is 13.0 Å². The molecule has 0 unspecified atom stereocenters. The lowest BCUT2D eigenvalue weighted by Gasteiger charge is -2.30. The van der Waals surface area contributed by atoms with E-state index in [4.69, 9.17) is 4.98 Å². The van der Waals surface area contributed by atoms with Gasteiger partial charge in [0.05, 0.1) is 28.9 Å². The van der Waals surface area contributed by atoms with Crippen molar-refractivity contribution in [2.75, 3.05) is 4.90 Å². The predicted molar refractivity (Wildman–Crippen MR) is 116 cm³/mol. The molecule has 1 N–H and O–H groups in total. The van der Waals surface area contributed by atoms with Crippen molar-refractivity contribution in [1.29, 1.82) is 5.26 Å². The molecule has 0 atom stereocenters. The summed E-state index contributed by atoms with van der Waals surface area (Å²) in [6.07, 6.45) is 9.55. The lowest BCUT2D eigenvalue weighted by molar-refractivity contribution is 0.234. The number of hydrogen-bond acceptors (Lipinski definition) is 4. The highest BCUT2D eigenvalue weighted by atomic mass is 32.1. The van der Waals surface area contributed by atoms with Gasteiger partial charge in [0.1, 0.15) is 5.00 Å². The molecule has 2 saturated carbocycles. The second kappa shape index (κ2) is 8.96. The molecule has 0 bridgehead atoms. The van der Waals surface area contributed by atoms with Gasteiger partial charge in [0.2, 0.25) is 0 Å². The molecule has 2 aromatic rings. The minimum Gasteiger partial charge on any atom is -0.335 e. The van der Waals surface area contributed by atoms with Crippen LogP contribution in [0.5, 0.6) is 0 Å². The van der Waals surface area contributed by atoms with E-state index in [9.17, 15) is 10.1 Å². The Morgan fingerprint density at radius 3 is 2.76 bits per heavy atom. The largest absolute Gasteiger partial charge is 0.335 e. The van der Waals surface area contributed by atoms with E-state index in [1.807, 2.05) is 30.0 Å². The number of thiazole rings is 1. The van der Waals surface area contributed by atoms with E-state index in [1.165, 1.54) is 32.1 Å². The van der Waals surface area contributed by atoms with Crippen molar-refractivity contribution in [3.8, 4) is 6.07 Å². The lowest BCUT2D eigenvalue weighted by Crippen LogP contribution is -2.47. The average Bonchev–Trinajstić information content (AvgIpc) is 3.32. The van der Waals surface area contributed by atoms with Gasteiger partial charge in [-0.1, -0.05) is 37.8 Å². The standard InChI is InChI=1S/C23H28N4OS/c1-16-22(29-21(25-16)13-17-6-2-3-7-17)27(23(28)26-20-10-5-11-20)15-19-9-4-8-18(12-19)14-24/h4,8-9,12,17,20H,2-3,5-7,10-11,13,15H2,1H3,(H,26,28). The van der Waals surface area contributed by atoms with Crippen LogP contribution in [0.15, 0.2) is 24.3 Å². The second-order valence-electron chi connectivity index (χ2n) is 8.33. The summed E-state index contributed by atoms with van der Waals surface area (Å²) in [5, 5.41) is 14.5. The Morgan fingerprint density at radius 2 is 2.07 bits per heavy atom. The highest BCUT2D eigenvalue weighted by Crippen LogP contribution is 2.34. The first kappa shape index (κ1) is 19.9. The van der Waals surface area contributed by atoms with Crippen LogP contribution in [0.25, 0.3) is 0 Å². The summed E-state index contributed by atoms with van der Waals surface area (Å²) < 4.78 is 0. The van der Waals surface area contributed by atoms with E-state index >= 15 is 0 Å². The van der Waals surface area contributed by atoms with Crippen LogP contribution < -0.4 is 10.2 Å². The molecule has 29 heavy (non-hydrogen) atoms. The lowest BCUT2D eigenvalue weighted by atomic mass is 9.93. The molecule has 2 amide bonds. The summed E-state index contributed by atoms with van der Waals surface area (Å²) in [5.74, 6) is 0.734. The van der Waals surface area contributed by atoms with E-state index in [0.29, 0.717) is 12.1 Å². The van der Waals surface area contributed by atoms with Crippen LogP contribution in [0.1, 0.15) is 66.8 Å². The number of anilines is 1. The minimum absolute atomic E-state index is 0.0590. The summed E-state index contributed by atoms with van der Waals surface area (Å²) >= 11 is 1.65. The summed E-state index contributed by atoms with van der Waals surface area (Å²) in [4.78, 5) is 19.8. The number of aryl methyl sites for hydroxylation is 1. The molecule has 2 fully saturated rings. The molecule has 1 aromatic carbocycles. The van der Waals surface area contributed by atoms with Gasteiger partial charge in [-0.05, 0) is 49.8 Å². The summed E-state index contributed by atoms with van der Waals surface area (Å²) in [6.45, 7) is 2.44. The van der Waals surface area contributed by atoms with Crippen LogP contribution in [0.3, 0.4) is 0 Å². The number of urea groups is 1. The number of carbonyl (C=O) groups is 1. The van der Waals surface area contributed by atoms with Crippen LogP contribution >= 0.6 is 11.3 Å². The third kappa shape index (κ3) is 4.79. The zero-order chi connectivity index (χ0) is 20.2. The molecular formula is C23H28N4OS. The van der Waals surface area contributed by atoms with Gasteiger partial charge in [-0.2, -0.15) is 5.26 Å². The number of nitriles is 1. The number of aromatic nitrogens is 1. The fourth-order valence-electron chi connectivity index (χ4n) is 4.21. The summed E-state index contributed by atoms with van der Waals surface area (Å²) in [5.41, 5.74) is 2.49. The maximum Gasteiger partial charge on any atom is 0.323 e. The number of nitrogens with zero attached hydrogens (tertiary/aromatic N) is 3. The highest BCUT2D eigenvalue weighted by Gasteiger charge is 2.27. The van der Waals surface area contributed by atoms with Crippen molar-refractivity contribution in [3.05, 3.63) is 46.1 Å². The van der Waals surface area contributed by atoms with Crippen molar-refractivity contribution < 1.29 is 4.79 Å². The first-order valence-electron chi connectivity index (χ1n) is 10.7. The maximum absolute atomic E-state index is 13.1. The number of carbonyl (C=O) groups excluding carboxylic acids is 1. The Bertz CT molecular complexity index is 906. The third-order valence-corrected chi connectivity index (χ3v) is 7.28. The number of rotatable bonds is 6. The molecule has 0 radical (unpaired) electrons. The molecule has 6 heteroatoms. The van der Waals surface area contributed by atoms with Gasteiger partial charge >= 0.3 is 6.03 Å². The smallest absolute Gasteiger partial charge is 0.323 e. The second-order valence-corrected chi connectivity index (χ2v) is 9.39. The topological polar surface area (TPSA) is 69.0 Å². The molecule has 2 aliphatic rings. The quantitative estimate of drug-likeness (QED) is 0.703. The van der Waals surface area contributed by atoms with Gasteiger partial charge in [0.25, 0.3) is 0 Å². The Balaban J connectivity index is 1.57. The molecule has 0 aliphatic heterocycles. The van der Waals surface area contributed by atoms with Crippen molar-refractivity contribution >= 4 is 22.4 Å². The monoisotopic (exact) mass is 408 g/mol. The minimum atomic E-state index is -0.0590. The fraction of sp³-hybridized carbons (Fsp3) is 0.522. The van der Waals surface area contributed by atoms with Crippen molar-refractivity contribution in [2.24, 2.45) is 5.92 Å². The molecule has 2 aliphatic carbocycles. The molecule has 5 nitrogen and oxygen atoms in total. The third-order valence-electron chi connectivity index (χ3n) is 6.07. The van der Waals surface area contributed by atoms with Crippen molar-refractivity contribution in [1.82, 2.24) is 10.3 Å². The van der Waals surface area contributed by atoms with E-state index in [2.05, 4.69) is 11.4 Å². The number of amides is 2. The Kier molecular flexibility index (Phi) is 6.15. The van der Waals surface area contributed by atoms with Gasteiger partial charge in [-0.3, -0.25) is 4.90 Å². The maximum atomic E-state index is 13.1. The van der Waals surface area contributed by atoms with Gasteiger partial charge < -0.3 is 5.32 Å². The molecular weight excluding hydrogens is 380 g/mol. The predicted octanol–water partition coefficient (Wildman–Crippen LogP) is 5.32. The Labute approximate surface area is 176 Å². The van der Waals surface area contributed by atoms with Gasteiger partial charge in [0.15, 0.2) is 0 Å². The highest BCUT2D eigenvalue weighted by molar-refractivity contribution is 7.16. The van der Waals surface area contributed by atoms with Crippen LogP contribution in [0.4, 0.5) is 9.80 Å². The Hall–Kier alpha value is -2.39. The Morgan fingerprint density at radius 1 is 1.28 bits per heavy atom. The summed E-state index contributed by atoms with van der Waals surface area (Å²) in [7, 11) is 0. The van der Waals surface area contributed by atoms with Crippen LogP contribution in [0, 0.1) is 24.2 Å². The number of hydrogen-bond donors (Lipinski definition) is 1. The average molecular weight is 409 g/mol. The van der Waals surface area contributed by atoms with E-state index in [0.717, 1.165) is 46.4 Å². The van der Waals surface area contributed by atoms with Gasteiger partial charge in [-0.15, -0.1) is 11.3 Å². The van der Waals surface area contributed by atoms with Gasteiger partial charge in [-0.25, -0.2) is 9.78 Å². The van der Waals surface area contributed by atoms with E-state index < -0.39 is 0 Å². The van der Waals surface area contributed by atoms with Gasteiger partial charge in [0, 0.05) is 12.5 Å². The zero-order valence-electron chi connectivity index (χ0n) is 17.0. The number of nitrogens with one attached hydrogen (secondary N) is 1. The normalized spacial score (nSPS) is 17.0. The first-order chi connectivity index (χ1) is 14.1. The molecule has 152 valence electrons. The molecule has 0 saturated heterocycles. The van der Waals surface area contributed by atoms with Crippen molar-refractivity contribution in [3.63, 3.8) is 0 Å². The number of benzene rings is 1. The van der Waals surface area contributed by atoms with E-state index in [-0.39, 0.29) is 12.1 Å². The molecule has 1 heterocycles. The molecule has 0 spiro atoms. The van der Waals surface area contributed by atoms with Crippen LogP contribution in [-0.4, -0.2) is 17.1 Å². The van der Waals surface area contributed by atoms with E-state index in [1.54, 1.807) is 17.4 Å². The first-order valence-corrected chi connectivity index (χ1v) is 11.5. The molecule has 4 rings (SSSR count).